The zero-order valence-corrected chi connectivity index (χ0v) is 34.6. The fourth-order valence-corrected chi connectivity index (χ4v) is 5.96. The van der Waals surface area contributed by atoms with E-state index in [1.807, 2.05) is 6.07 Å². The summed E-state index contributed by atoms with van der Waals surface area (Å²) in [7, 11) is -14.7. The van der Waals surface area contributed by atoms with Crippen LogP contribution < -0.4 is 25.4 Å². The van der Waals surface area contributed by atoms with Gasteiger partial charge in [-0.15, -0.1) is 12.6 Å². The van der Waals surface area contributed by atoms with E-state index in [1.165, 1.54) is 37.4 Å². The van der Waals surface area contributed by atoms with Crippen molar-refractivity contribution in [2.24, 2.45) is 20.5 Å². The van der Waals surface area contributed by atoms with Gasteiger partial charge < -0.3 is 25.4 Å². The van der Waals surface area contributed by atoms with Gasteiger partial charge in [-0.05, 0) is 61.0 Å². The lowest BCUT2D eigenvalue weighted by Crippen LogP contribution is -2.17. The molecule has 0 aliphatic rings. The number of azo groups is 2. The van der Waals surface area contributed by atoms with Crippen LogP contribution in [0.15, 0.2) is 116 Å². The van der Waals surface area contributed by atoms with E-state index in [4.69, 9.17) is 26.7 Å². The SMILES string of the molecule is COc1cc(N=Nc2cccc(S(=O)(=O)O)c2)ccc1Nc1nc(NCCS(=O)(=O)O)nc(Nc2ccc(N=Nc3ccccc3)cc2OCCCS(=O)(=O)O)n1.O=S(=O)=O. The Morgan fingerprint density at radius 2 is 1.10 bits per heavy atom. The van der Waals surface area contributed by atoms with Crippen molar-refractivity contribution in [1.82, 2.24) is 15.0 Å². The Morgan fingerprint density at radius 1 is 0.607 bits per heavy atom. The Kier molecular flexibility index (Phi) is 16.7. The van der Waals surface area contributed by atoms with E-state index in [1.54, 1.807) is 48.5 Å². The van der Waals surface area contributed by atoms with Crippen LogP contribution in [0.4, 0.5) is 52.0 Å². The summed E-state index contributed by atoms with van der Waals surface area (Å²) in [6.07, 6.45) is -0.0427. The van der Waals surface area contributed by atoms with Crippen LogP contribution >= 0.6 is 0 Å². The highest BCUT2D eigenvalue weighted by Gasteiger charge is 2.15. The first-order chi connectivity index (χ1) is 28.8. The Labute approximate surface area is 349 Å². The molecular weight excluding hydrogens is 889 g/mol. The molecule has 28 heteroatoms. The molecule has 0 amide bonds. The van der Waals surface area contributed by atoms with Crippen LogP contribution in [0.1, 0.15) is 6.42 Å². The second-order valence-electron chi connectivity index (χ2n) is 11.7. The summed E-state index contributed by atoms with van der Waals surface area (Å²) >= 11 is 0. The standard InChI is InChI=1S/C33H34N10O11S3.O3S/c1-53-29-20-24(43-41-23-9-5-10-26(19-23)57(50,51)52)11-13-27(29)35-32-37-31(34-15-18-56(47,48)49)38-33(39-32)36-28-14-12-25(42-40-22-7-3-2-4-8-22)21-30(28)54-16-6-17-55(44,45)46;1-4(2)3/h2-5,7-14,19-21H,6,15-18H2,1H3,(H,44,45,46)(H,47,48,49)(H,50,51,52)(H3,34,35,36,37,38,39);. The molecule has 0 atom stereocenters. The molecule has 0 saturated heterocycles. The van der Waals surface area contributed by atoms with Gasteiger partial charge in [-0.25, -0.2) is 0 Å². The molecule has 1 heterocycles. The van der Waals surface area contributed by atoms with Gasteiger partial charge in [-0.1, -0.05) is 24.3 Å². The molecule has 1 aromatic heterocycles. The van der Waals surface area contributed by atoms with Gasteiger partial charge in [0.25, 0.3) is 30.4 Å². The van der Waals surface area contributed by atoms with Crippen LogP contribution in [0, 0.1) is 0 Å². The van der Waals surface area contributed by atoms with Crippen LogP contribution in [-0.2, 0) is 41.0 Å². The Bertz CT molecular complexity index is 2830. The van der Waals surface area contributed by atoms with Crippen LogP contribution in [0.2, 0.25) is 0 Å². The van der Waals surface area contributed by atoms with Gasteiger partial charge in [0, 0.05) is 18.7 Å². The third kappa shape index (κ3) is 17.3. The maximum absolute atomic E-state index is 11.5. The summed E-state index contributed by atoms with van der Waals surface area (Å²) in [5.74, 6) is -1.03. The van der Waals surface area contributed by atoms with Gasteiger partial charge >= 0.3 is 10.6 Å². The summed E-state index contributed by atoms with van der Waals surface area (Å²) in [6.45, 7) is -0.395. The average molecular weight is 923 g/mol. The number of ether oxygens (including phenoxy) is 2. The summed E-state index contributed by atoms with van der Waals surface area (Å²) in [4.78, 5) is 12.7. The topological polar surface area (TPSA) is 357 Å². The number of methoxy groups -OCH3 is 1. The molecule has 0 bridgehead atoms. The predicted octanol–water partition coefficient (Wildman–Crippen LogP) is 5.40. The average Bonchev–Trinajstić information content (AvgIpc) is 3.18. The van der Waals surface area contributed by atoms with E-state index in [2.05, 4.69) is 51.4 Å². The molecule has 6 N–H and O–H groups in total. The molecular formula is C33H34N10O14S4. The van der Waals surface area contributed by atoms with E-state index in [0.29, 0.717) is 22.7 Å². The maximum Gasteiger partial charge on any atom is 0.425 e. The van der Waals surface area contributed by atoms with Gasteiger partial charge in [0.1, 0.15) is 11.5 Å². The summed E-state index contributed by atoms with van der Waals surface area (Å²) in [5, 5.41) is 25.3. The molecule has 0 aliphatic heterocycles. The van der Waals surface area contributed by atoms with E-state index in [-0.39, 0.29) is 65.2 Å². The van der Waals surface area contributed by atoms with Gasteiger partial charge in [0.2, 0.25) is 17.8 Å². The van der Waals surface area contributed by atoms with E-state index in [9.17, 15) is 34.4 Å². The number of hydrogen-bond acceptors (Lipinski definition) is 21. The van der Waals surface area contributed by atoms with Gasteiger partial charge in [0.15, 0.2) is 0 Å². The highest BCUT2D eigenvalue weighted by Crippen LogP contribution is 2.35. The first-order valence-corrected chi connectivity index (χ1v) is 22.5. The van der Waals surface area contributed by atoms with Gasteiger partial charge in [-0.3, -0.25) is 13.7 Å². The van der Waals surface area contributed by atoms with Crippen molar-refractivity contribution in [3.8, 4) is 11.5 Å². The minimum Gasteiger partial charge on any atom is -0.494 e. The van der Waals surface area contributed by atoms with Gasteiger partial charge in [-0.2, -0.15) is 60.7 Å². The van der Waals surface area contributed by atoms with Crippen molar-refractivity contribution >= 4 is 92.9 Å². The number of nitrogens with one attached hydrogen (secondary N) is 3. The first-order valence-electron chi connectivity index (χ1n) is 16.9. The second-order valence-corrected chi connectivity index (χ2v) is 16.7. The van der Waals surface area contributed by atoms with Crippen molar-refractivity contribution in [1.29, 1.82) is 0 Å². The van der Waals surface area contributed by atoms with E-state index >= 15 is 0 Å². The second kappa shape index (κ2) is 21.6. The summed E-state index contributed by atoms with van der Waals surface area (Å²) in [6, 6.07) is 23.5. The number of benzene rings is 4. The molecule has 324 valence electrons. The van der Waals surface area contributed by atoms with Gasteiger partial charge in [0.05, 0.1) is 64.2 Å². The predicted molar refractivity (Wildman–Crippen MR) is 218 cm³/mol. The van der Waals surface area contributed by atoms with Crippen molar-refractivity contribution in [3.05, 3.63) is 91.0 Å². The van der Waals surface area contributed by atoms with Crippen LogP contribution in [0.3, 0.4) is 0 Å². The third-order valence-corrected chi connectivity index (χ3v) is 9.53. The molecule has 0 fully saturated rings. The number of anilines is 5. The molecule has 0 saturated carbocycles. The highest BCUT2D eigenvalue weighted by atomic mass is 32.2. The zero-order valence-electron chi connectivity index (χ0n) is 31.3. The fourth-order valence-electron chi connectivity index (χ4n) is 4.60. The third-order valence-electron chi connectivity index (χ3n) is 7.16. The lowest BCUT2D eigenvalue weighted by Gasteiger charge is -2.15. The van der Waals surface area contributed by atoms with Crippen molar-refractivity contribution in [2.75, 3.05) is 47.7 Å². The molecule has 5 aromatic rings. The molecule has 0 spiro atoms. The van der Waals surface area contributed by atoms with Crippen LogP contribution in [-0.4, -0.2) is 98.3 Å². The summed E-state index contributed by atoms with van der Waals surface area (Å²) < 4.78 is 133. The highest BCUT2D eigenvalue weighted by molar-refractivity contribution is 7.86. The normalized spacial score (nSPS) is 11.7. The molecule has 0 unspecified atom stereocenters. The Balaban J connectivity index is 0.00000196. The van der Waals surface area contributed by atoms with Crippen LogP contribution in [0.5, 0.6) is 11.5 Å². The monoisotopic (exact) mass is 922 g/mol. The molecule has 61 heavy (non-hydrogen) atoms. The summed E-state index contributed by atoms with van der Waals surface area (Å²) in [5.41, 5.74) is 2.05. The van der Waals surface area contributed by atoms with Crippen molar-refractivity contribution in [2.45, 2.75) is 11.3 Å². The molecule has 4 aromatic carbocycles. The van der Waals surface area contributed by atoms with E-state index < -0.39 is 52.5 Å². The molecule has 5 rings (SSSR count). The number of aromatic nitrogens is 3. The zero-order chi connectivity index (χ0) is 44.6. The minimum absolute atomic E-state index is 0.0427. The van der Waals surface area contributed by atoms with Crippen molar-refractivity contribution in [3.63, 3.8) is 0 Å². The minimum atomic E-state index is -4.45. The molecule has 0 radical (unpaired) electrons. The largest absolute Gasteiger partial charge is 0.494 e. The Morgan fingerprint density at radius 3 is 1.64 bits per heavy atom. The first kappa shape index (κ1) is 47.1. The van der Waals surface area contributed by atoms with Crippen molar-refractivity contribution < 1.29 is 61.0 Å². The number of rotatable bonds is 19. The number of nitrogens with zero attached hydrogens (tertiary/aromatic N) is 7. The van der Waals surface area contributed by atoms with E-state index in [0.717, 1.165) is 6.07 Å². The fraction of sp³-hybridized carbons (Fsp3) is 0.182. The quantitative estimate of drug-likeness (QED) is 0.0343. The van der Waals surface area contributed by atoms with Crippen LogP contribution in [0.25, 0.3) is 0 Å². The maximum atomic E-state index is 11.5. The molecule has 0 aliphatic carbocycles. The lowest BCUT2D eigenvalue weighted by molar-refractivity contribution is 0.317. The molecule has 24 nitrogen and oxygen atoms in total. The number of hydrogen-bond donors (Lipinski definition) is 6. The smallest absolute Gasteiger partial charge is 0.425 e. The Hall–Kier alpha value is -6.56. The lowest BCUT2D eigenvalue weighted by atomic mass is 10.2.